The average Bonchev–Trinajstić information content (AvgIpc) is 2.45. The van der Waals surface area contributed by atoms with E-state index in [1.54, 1.807) is 17.0 Å². The molecule has 4 nitrogen and oxygen atoms in total. The maximum absolute atomic E-state index is 12.5. The Balaban J connectivity index is 2.13. The zero-order valence-electron chi connectivity index (χ0n) is 12.0. The first-order valence-electron chi connectivity index (χ1n) is 7.09. The predicted octanol–water partition coefficient (Wildman–Crippen LogP) is 3.04. The van der Waals surface area contributed by atoms with Crippen LogP contribution in [0.1, 0.15) is 53.3 Å². The highest BCUT2D eigenvalue weighted by molar-refractivity contribution is 5.97. The van der Waals surface area contributed by atoms with Crippen LogP contribution in [0, 0.1) is 5.92 Å². The van der Waals surface area contributed by atoms with Gasteiger partial charge in [-0.3, -0.25) is 4.79 Å². The Kier molecular flexibility index (Phi) is 4.42. The number of carboxylic acid groups (broad SMARTS) is 1. The third kappa shape index (κ3) is 3.18. The predicted molar refractivity (Wildman–Crippen MR) is 76.9 cm³/mol. The van der Waals surface area contributed by atoms with E-state index in [0.29, 0.717) is 11.5 Å². The molecule has 20 heavy (non-hydrogen) atoms. The summed E-state index contributed by atoms with van der Waals surface area (Å²) >= 11 is 0. The van der Waals surface area contributed by atoms with Gasteiger partial charge in [0.1, 0.15) is 0 Å². The molecule has 4 heteroatoms. The van der Waals surface area contributed by atoms with Crippen LogP contribution in [0.5, 0.6) is 0 Å². The summed E-state index contributed by atoms with van der Waals surface area (Å²) in [5.41, 5.74) is 0.604. The van der Waals surface area contributed by atoms with E-state index in [1.165, 1.54) is 18.6 Å². The molecule has 2 atom stereocenters. The van der Waals surface area contributed by atoms with Crippen molar-refractivity contribution in [3.05, 3.63) is 35.4 Å². The van der Waals surface area contributed by atoms with Gasteiger partial charge < -0.3 is 10.0 Å². The number of aromatic carboxylic acids is 1. The molecule has 1 aliphatic rings. The van der Waals surface area contributed by atoms with Crippen LogP contribution in [-0.2, 0) is 0 Å². The van der Waals surface area contributed by atoms with Crippen molar-refractivity contribution in [3.63, 3.8) is 0 Å². The highest BCUT2D eigenvalue weighted by atomic mass is 16.4. The molecule has 1 saturated carbocycles. The summed E-state index contributed by atoms with van der Waals surface area (Å²) < 4.78 is 0. The molecule has 1 aromatic carbocycles. The lowest BCUT2D eigenvalue weighted by atomic mass is 9.86. The van der Waals surface area contributed by atoms with Crippen LogP contribution in [0.15, 0.2) is 24.3 Å². The van der Waals surface area contributed by atoms with Crippen LogP contribution in [0.2, 0.25) is 0 Å². The standard InChI is InChI=1S/C16H21NO3/c1-11-5-3-8-14(9-11)17(2)15(18)12-6-4-7-13(10-12)16(19)20/h4,6-7,10-11,14H,3,5,8-9H2,1-2H3,(H,19,20). The Morgan fingerprint density at radius 1 is 1.25 bits per heavy atom. The number of hydrogen-bond donors (Lipinski definition) is 1. The molecule has 0 saturated heterocycles. The summed E-state index contributed by atoms with van der Waals surface area (Å²) in [6.45, 7) is 2.22. The van der Waals surface area contributed by atoms with E-state index in [4.69, 9.17) is 5.11 Å². The first-order chi connectivity index (χ1) is 9.49. The van der Waals surface area contributed by atoms with Crippen molar-refractivity contribution in [1.82, 2.24) is 4.90 Å². The molecule has 108 valence electrons. The minimum Gasteiger partial charge on any atom is -0.478 e. The zero-order chi connectivity index (χ0) is 14.7. The fraction of sp³-hybridized carbons (Fsp3) is 0.500. The van der Waals surface area contributed by atoms with E-state index in [2.05, 4.69) is 6.92 Å². The Bertz CT molecular complexity index is 512. The first kappa shape index (κ1) is 14.6. The zero-order valence-corrected chi connectivity index (χ0v) is 12.0. The van der Waals surface area contributed by atoms with Crippen LogP contribution in [0.3, 0.4) is 0 Å². The summed E-state index contributed by atoms with van der Waals surface area (Å²) in [5.74, 6) is -0.449. The monoisotopic (exact) mass is 275 g/mol. The molecule has 0 heterocycles. The average molecular weight is 275 g/mol. The second-order valence-corrected chi connectivity index (χ2v) is 5.73. The summed E-state index contributed by atoms with van der Waals surface area (Å²) in [4.78, 5) is 25.2. The molecular formula is C16H21NO3. The largest absolute Gasteiger partial charge is 0.478 e. The van der Waals surface area contributed by atoms with Gasteiger partial charge in [-0.15, -0.1) is 0 Å². The lowest BCUT2D eigenvalue weighted by molar-refractivity contribution is 0.0672. The highest BCUT2D eigenvalue weighted by Gasteiger charge is 2.26. The fourth-order valence-corrected chi connectivity index (χ4v) is 2.91. The Labute approximate surface area is 119 Å². The molecule has 0 aromatic heterocycles. The molecule has 1 fully saturated rings. The number of nitrogens with zero attached hydrogens (tertiary/aromatic N) is 1. The molecule has 1 amide bonds. The molecule has 2 rings (SSSR count). The Morgan fingerprint density at radius 2 is 1.95 bits per heavy atom. The van der Waals surface area contributed by atoms with Crippen molar-refractivity contribution in [1.29, 1.82) is 0 Å². The van der Waals surface area contributed by atoms with Gasteiger partial charge in [-0.1, -0.05) is 25.8 Å². The third-order valence-electron chi connectivity index (χ3n) is 4.13. The van der Waals surface area contributed by atoms with Gasteiger partial charge in [0.05, 0.1) is 5.56 Å². The second kappa shape index (κ2) is 6.07. The smallest absolute Gasteiger partial charge is 0.335 e. The number of hydrogen-bond acceptors (Lipinski definition) is 2. The quantitative estimate of drug-likeness (QED) is 0.922. The van der Waals surface area contributed by atoms with Crippen LogP contribution in [0.25, 0.3) is 0 Å². The molecule has 1 N–H and O–H groups in total. The van der Waals surface area contributed by atoms with Gasteiger partial charge in [0.25, 0.3) is 5.91 Å². The number of benzene rings is 1. The Morgan fingerprint density at radius 3 is 2.60 bits per heavy atom. The molecule has 1 aromatic rings. The maximum Gasteiger partial charge on any atom is 0.335 e. The van der Waals surface area contributed by atoms with Gasteiger partial charge >= 0.3 is 5.97 Å². The summed E-state index contributed by atoms with van der Waals surface area (Å²) in [6, 6.07) is 6.51. The summed E-state index contributed by atoms with van der Waals surface area (Å²) in [6.07, 6.45) is 4.44. The molecule has 2 unspecified atom stereocenters. The van der Waals surface area contributed by atoms with Crippen LogP contribution >= 0.6 is 0 Å². The number of carboxylic acids is 1. The minimum atomic E-state index is -1.01. The van der Waals surface area contributed by atoms with E-state index in [0.717, 1.165) is 19.3 Å². The first-order valence-corrected chi connectivity index (χ1v) is 7.09. The van der Waals surface area contributed by atoms with Crippen molar-refractivity contribution in [3.8, 4) is 0 Å². The van der Waals surface area contributed by atoms with Crippen molar-refractivity contribution < 1.29 is 14.7 Å². The molecule has 0 bridgehead atoms. The molecule has 0 spiro atoms. The maximum atomic E-state index is 12.5. The van der Waals surface area contributed by atoms with E-state index < -0.39 is 5.97 Å². The Hall–Kier alpha value is -1.84. The van der Waals surface area contributed by atoms with Crippen LogP contribution in [-0.4, -0.2) is 35.0 Å². The van der Waals surface area contributed by atoms with Crippen molar-refractivity contribution in [2.45, 2.75) is 38.6 Å². The molecular weight excluding hydrogens is 254 g/mol. The summed E-state index contributed by atoms with van der Waals surface area (Å²) in [5, 5.41) is 8.99. The van der Waals surface area contributed by atoms with E-state index in [-0.39, 0.29) is 17.5 Å². The van der Waals surface area contributed by atoms with Gasteiger partial charge in [0.15, 0.2) is 0 Å². The molecule has 0 aliphatic heterocycles. The second-order valence-electron chi connectivity index (χ2n) is 5.73. The van der Waals surface area contributed by atoms with E-state index in [1.807, 2.05) is 7.05 Å². The fourth-order valence-electron chi connectivity index (χ4n) is 2.91. The van der Waals surface area contributed by atoms with Gasteiger partial charge in [0.2, 0.25) is 0 Å². The molecule has 0 radical (unpaired) electrons. The van der Waals surface area contributed by atoms with Gasteiger partial charge in [-0.05, 0) is 37.0 Å². The number of amides is 1. The van der Waals surface area contributed by atoms with Gasteiger partial charge in [-0.2, -0.15) is 0 Å². The highest BCUT2D eigenvalue weighted by Crippen LogP contribution is 2.27. The van der Waals surface area contributed by atoms with Crippen molar-refractivity contribution in [2.24, 2.45) is 5.92 Å². The van der Waals surface area contributed by atoms with Crippen LogP contribution in [0.4, 0.5) is 0 Å². The lowest BCUT2D eigenvalue weighted by Gasteiger charge is -2.34. The van der Waals surface area contributed by atoms with Crippen molar-refractivity contribution in [2.75, 3.05) is 7.05 Å². The summed E-state index contributed by atoms with van der Waals surface area (Å²) in [7, 11) is 1.82. The third-order valence-corrected chi connectivity index (χ3v) is 4.13. The lowest BCUT2D eigenvalue weighted by Crippen LogP contribution is -2.39. The van der Waals surface area contributed by atoms with Crippen molar-refractivity contribution >= 4 is 11.9 Å². The number of carbonyl (C=O) groups is 2. The normalized spacial score (nSPS) is 22.3. The van der Waals surface area contributed by atoms with Crippen LogP contribution < -0.4 is 0 Å². The SMILES string of the molecule is CC1CCCC(N(C)C(=O)c2cccc(C(=O)O)c2)C1. The topological polar surface area (TPSA) is 57.6 Å². The van der Waals surface area contributed by atoms with E-state index >= 15 is 0 Å². The number of rotatable bonds is 3. The van der Waals surface area contributed by atoms with Gasteiger partial charge in [-0.25, -0.2) is 4.79 Å². The van der Waals surface area contributed by atoms with Gasteiger partial charge in [0, 0.05) is 18.7 Å². The molecule has 1 aliphatic carbocycles. The van der Waals surface area contributed by atoms with E-state index in [9.17, 15) is 9.59 Å². The number of carbonyl (C=O) groups excluding carboxylic acids is 1. The minimum absolute atomic E-state index is 0.0906.